The highest BCUT2D eigenvalue weighted by Gasteiger charge is 2.54. The van der Waals surface area contributed by atoms with Gasteiger partial charge in [0.2, 0.25) is 6.41 Å². The minimum absolute atomic E-state index is 0.00260. The first kappa shape index (κ1) is 25.9. The number of carbonyl (C=O) groups excluding carboxylic acids is 1. The summed E-state index contributed by atoms with van der Waals surface area (Å²) >= 11 is 0. The molecule has 1 amide bonds. The number of rotatable bonds is 10. The van der Waals surface area contributed by atoms with E-state index < -0.39 is 17.6 Å². The van der Waals surface area contributed by atoms with Crippen molar-refractivity contribution in [1.82, 2.24) is 14.8 Å². The number of nitrogens with zero attached hydrogens (tertiary/aromatic N) is 4. The molecule has 10 heteroatoms. The van der Waals surface area contributed by atoms with Gasteiger partial charge in [0.25, 0.3) is 0 Å². The smallest absolute Gasteiger partial charge is 0.326 e. The van der Waals surface area contributed by atoms with Crippen molar-refractivity contribution in [2.45, 2.75) is 44.4 Å². The van der Waals surface area contributed by atoms with Gasteiger partial charge in [-0.15, -0.1) is 0 Å². The van der Waals surface area contributed by atoms with Gasteiger partial charge in [-0.2, -0.15) is 0 Å². The Hall–Kier alpha value is -4.18. The Kier molecular flexibility index (Phi) is 7.30. The Morgan fingerprint density at radius 3 is 2.65 bits per heavy atom. The van der Waals surface area contributed by atoms with Crippen molar-refractivity contribution >= 4 is 29.7 Å². The molecule has 1 fully saturated rings. The molecule has 0 unspecified atom stereocenters. The fourth-order valence-corrected chi connectivity index (χ4v) is 5.27. The number of amidine groups is 1. The summed E-state index contributed by atoms with van der Waals surface area (Å²) in [5.74, 6) is -0.422. The summed E-state index contributed by atoms with van der Waals surface area (Å²) in [5, 5.41) is 21.0. The molecule has 1 saturated heterocycles. The van der Waals surface area contributed by atoms with E-state index in [9.17, 15) is 14.7 Å². The number of allylic oxidation sites excluding steroid dienone is 1. The molecule has 194 valence electrons. The van der Waals surface area contributed by atoms with Crippen LogP contribution in [0.25, 0.3) is 0 Å². The number of nitrogens with one attached hydrogen (secondary N) is 2. The minimum Gasteiger partial charge on any atom is -0.480 e. The summed E-state index contributed by atoms with van der Waals surface area (Å²) in [5.41, 5.74) is 8.16. The number of nitrogens with two attached hydrogens (primary N) is 1. The number of carbonyl (C=O) groups is 2. The lowest BCUT2D eigenvalue weighted by Crippen LogP contribution is -2.50. The summed E-state index contributed by atoms with van der Waals surface area (Å²) in [6.45, 7) is 4.24. The van der Waals surface area contributed by atoms with E-state index in [-0.39, 0.29) is 12.0 Å². The van der Waals surface area contributed by atoms with E-state index in [1.165, 1.54) is 4.90 Å². The molecule has 4 rings (SSSR count). The molecule has 0 spiro atoms. The number of likely N-dealkylation sites (N-methyl/N-ethyl adjacent to an activating group) is 1. The van der Waals surface area contributed by atoms with Gasteiger partial charge in [0.1, 0.15) is 23.9 Å². The highest BCUT2D eigenvalue weighted by Crippen LogP contribution is 2.47. The van der Waals surface area contributed by atoms with E-state index in [1.54, 1.807) is 37.4 Å². The summed E-state index contributed by atoms with van der Waals surface area (Å²) in [6, 6.07) is 11.8. The zero-order valence-electron chi connectivity index (χ0n) is 21.3. The SMILES string of the molecule is CC[C@@]12CC=C(N(C=O)c3ccccn3)C=C1N([C@@H](C)C(=O)O)[C@@H](CNc1ccc(C(=N)N)cc1)N2C. The predicted molar refractivity (Wildman–Crippen MR) is 143 cm³/mol. The molecule has 0 bridgehead atoms. The van der Waals surface area contributed by atoms with Crippen molar-refractivity contribution in [1.29, 1.82) is 5.41 Å². The van der Waals surface area contributed by atoms with Gasteiger partial charge >= 0.3 is 5.97 Å². The average Bonchev–Trinajstić information content (AvgIpc) is 3.15. The Morgan fingerprint density at radius 2 is 2.08 bits per heavy atom. The second-order valence-corrected chi connectivity index (χ2v) is 9.30. The van der Waals surface area contributed by atoms with Gasteiger partial charge in [-0.1, -0.05) is 19.1 Å². The molecule has 2 aromatic rings. The van der Waals surface area contributed by atoms with Gasteiger partial charge in [-0.3, -0.25) is 20.0 Å². The monoisotopic (exact) mass is 503 g/mol. The van der Waals surface area contributed by atoms with Crippen molar-refractivity contribution in [3.05, 3.63) is 77.8 Å². The molecule has 5 N–H and O–H groups in total. The number of amides is 1. The topological polar surface area (TPSA) is 139 Å². The third-order valence-corrected chi connectivity index (χ3v) is 7.46. The first-order chi connectivity index (χ1) is 17.7. The fraction of sp³-hybridized carbons (Fsp3) is 0.333. The Labute approximate surface area is 216 Å². The number of aliphatic carboxylic acids is 1. The number of hydrogen-bond acceptors (Lipinski definition) is 7. The number of fused-ring (bicyclic) bond motifs is 1. The quantitative estimate of drug-likeness (QED) is 0.221. The van der Waals surface area contributed by atoms with E-state index in [1.807, 2.05) is 42.3 Å². The predicted octanol–water partition coefficient (Wildman–Crippen LogP) is 2.81. The van der Waals surface area contributed by atoms with Crippen LogP contribution in [0.1, 0.15) is 32.3 Å². The molecule has 2 aliphatic rings. The molecule has 0 saturated carbocycles. The van der Waals surface area contributed by atoms with Crippen molar-refractivity contribution < 1.29 is 14.7 Å². The number of hydrogen-bond donors (Lipinski definition) is 4. The molecule has 2 heterocycles. The molecule has 10 nitrogen and oxygen atoms in total. The molecule has 3 atom stereocenters. The fourth-order valence-electron chi connectivity index (χ4n) is 5.27. The van der Waals surface area contributed by atoms with Crippen molar-refractivity contribution in [2.24, 2.45) is 5.73 Å². The van der Waals surface area contributed by atoms with Crippen LogP contribution in [0.15, 0.2) is 72.2 Å². The average molecular weight is 504 g/mol. The molecular weight excluding hydrogens is 470 g/mol. The zero-order chi connectivity index (χ0) is 26.7. The van der Waals surface area contributed by atoms with Gasteiger partial charge in [-0.05, 0) is 69.3 Å². The standard InChI is InChI=1S/C27H33N7O3/c1-4-27-13-12-21(33(17-35)23-7-5-6-14-30-23)15-22(27)34(18(2)26(36)37)24(32(27)3)16-31-20-10-8-19(9-11-20)25(28)29/h5-12,14-15,17-18,24,31H,4,13,16H2,1-3H3,(H3,28,29)(H,36,37)/t18-,24-,27+/m0/s1. The molecule has 37 heavy (non-hydrogen) atoms. The van der Waals surface area contributed by atoms with Crippen LogP contribution < -0.4 is 16.0 Å². The lowest BCUT2D eigenvalue weighted by Gasteiger charge is -2.39. The number of pyridine rings is 1. The maximum Gasteiger partial charge on any atom is 0.326 e. The van der Waals surface area contributed by atoms with E-state index in [4.69, 9.17) is 11.1 Å². The number of carboxylic acid groups (broad SMARTS) is 1. The van der Waals surface area contributed by atoms with Crippen LogP contribution in [0.3, 0.4) is 0 Å². The Balaban J connectivity index is 1.69. The normalized spacial score (nSPS) is 21.9. The van der Waals surface area contributed by atoms with Crippen LogP contribution >= 0.6 is 0 Å². The van der Waals surface area contributed by atoms with Gasteiger partial charge < -0.3 is 21.1 Å². The van der Waals surface area contributed by atoms with Crippen molar-refractivity contribution in [2.75, 3.05) is 23.8 Å². The maximum atomic E-state index is 12.2. The lowest BCUT2D eigenvalue weighted by atomic mass is 9.83. The van der Waals surface area contributed by atoms with E-state index in [2.05, 4.69) is 22.1 Å². The number of benzene rings is 1. The van der Waals surface area contributed by atoms with Gasteiger partial charge in [0, 0.05) is 35.4 Å². The third kappa shape index (κ3) is 4.67. The second kappa shape index (κ2) is 10.4. The Morgan fingerprint density at radius 1 is 1.35 bits per heavy atom. The summed E-state index contributed by atoms with van der Waals surface area (Å²) in [6.07, 6.45) is 7.42. The van der Waals surface area contributed by atoms with Crippen molar-refractivity contribution in [3.8, 4) is 0 Å². The number of anilines is 2. The molecule has 1 aromatic carbocycles. The van der Waals surface area contributed by atoms with E-state index >= 15 is 0 Å². The van der Waals surface area contributed by atoms with E-state index in [0.717, 1.165) is 24.2 Å². The largest absolute Gasteiger partial charge is 0.480 e. The lowest BCUT2D eigenvalue weighted by molar-refractivity contribution is -0.142. The molecule has 1 aliphatic carbocycles. The first-order valence-electron chi connectivity index (χ1n) is 12.2. The number of carboxylic acids is 1. The summed E-state index contributed by atoms with van der Waals surface area (Å²) in [4.78, 5) is 34.3. The number of aromatic nitrogens is 1. The highest BCUT2D eigenvalue weighted by atomic mass is 16.4. The molecule has 0 radical (unpaired) electrons. The minimum atomic E-state index is -0.926. The van der Waals surface area contributed by atoms with Crippen LogP contribution in [0.2, 0.25) is 0 Å². The molecule has 1 aromatic heterocycles. The molecule has 1 aliphatic heterocycles. The maximum absolute atomic E-state index is 12.2. The van der Waals surface area contributed by atoms with Gasteiger partial charge in [-0.25, -0.2) is 9.78 Å². The summed E-state index contributed by atoms with van der Waals surface area (Å²) < 4.78 is 0. The first-order valence-corrected chi connectivity index (χ1v) is 12.2. The van der Waals surface area contributed by atoms with E-state index in [0.29, 0.717) is 30.0 Å². The number of nitrogen functional groups attached to an aromatic ring is 1. The Bertz CT molecular complexity index is 1230. The zero-order valence-corrected chi connectivity index (χ0v) is 21.3. The molecular formula is C27H33N7O3. The van der Waals surface area contributed by atoms with Crippen molar-refractivity contribution in [3.63, 3.8) is 0 Å². The van der Waals surface area contributed by atoms with Crippen LogP contribution in [0, 0.1) is 5.41 Å². The van der Waals surface area contributed by atoms with Gasteiger partial charge in [0.05, 0.1) is 5.54 Å². The van der Waals surface area contributed by atoms with Crippen LogP contribution in [0.5, 0.6) is 0 Å². The van der Waals surface area contributed by atoms with Crippen LogP contribution in [-0.2, 0) is 9.59 Å². The highest BCUT2D eigenvalue weighted by molar-refractivity contribution is 5.95. The second-order valence-electron chi connectivity index (χ2n) is 9.30. The van der Waals surface area contributed by atoms with Crippen LogP contribution in [0.4, 0.5) is 11.5 Å². The third-order valence-electron chi connectivity index (χ3n) is 7.46. The van der Waals surface area contributed by atoms with Gasteiger partial charge in [0.15, 0.2) is 0 Å². The summed E-state index contributed by atoms with van der Waals surface area (Å²) in [7, 11) is 2.02. The van der Waals surface area contributed by atoms with Crippen LogP contribution in [-0.4, -0.2) is 69.4 Å².